The van der Waals surface area contributed by atoms with Crippen LogP contribution in [-0.2, 0) is 0 Å². The second-order valence-electron chi connectivity index (χ2n) is 4.05. The van der Waals surface area contributed by atoms with Crippen molar-refractivity contribution in [2.45, 2.75) is 44.9 Å². The summed E-state index contributed by atoms with van der Waals surface area (Å²) in [6.07, 6.45) is 8.03. The fraction of sp³-hybridized carbons (Fsp3) is 1.00. The van der Waals surface area contributed by atoms with Crippen LogP contribution < -0.4 is 0 Å². The Morgan fingerprint density at radius 1 is 0.917 bits per heavy atom. The van der Waals surface area contributed by atoms with Crippen LogP contribution in [0.1, 0.15) is 44.9 Å². The molecule has 0 bridgehead atoms. The van der Waals surface area contributed by atoms with Gasteiger partial charge in [-0.1, -0.05) is 25.7 Å². The van der Waals surface area contributed by atoms with E-state index >= 15 is 0 Å². The van der Waals surface area contributed by atoms with Gasteiger partial charge in [-0.15, -0.1) is 0 Å². The molecule has 1 aliphatic carbocycles. The van der Waals surface area contributed by atoms with Gasteiger partial charge in [-0.2, -0.15) is 0 Å². The van der Waals surface area contributed by atoms with Crippen LogP contribution in [-0.4, -0.2) is 23.4 Å². The van der Waals surface area contributed by atoms with Crippen molar-refractivity contribution in [3.8, 4) is 0 Å². The molecule has 2 nitrogen and oxygen atoms in total. The van der Waals surface area contributed by atoms with Crippen LogP contribution in [0.4, 0.5) is 0 Å². The number of hydrogen-bond donors (Lipinski definition) is 2. The molecule has 0 aliphatic heterocycles. The molecule has 0 heterocycles. The average Bonchev–Trinajstić information content (AvgIpc) is 2.32. The first-order valence-corrected chi connectivity index (χ1v) is 5.05. The third-order valence-electron chi connectivity index (χ3n) is 3.14. The van der Waals surface area contributed by atoms with Gasteiger partial charge in [0, 0.05) is 13.2 Å². The molecular formula is C10H20O2. The topological polar surface area (TPSA) is 40.5 Å². The molecule has 0 atom stereocenters. The summed E-state index contributed by atoms with van der Waals surface area (Å²) in [6, 6.07) is 0. The third kappa shape index (κ3) is 2.46. The Labute approximate surface area is 74.6 Å². The molecule has 0 aromatic heterocycles. The minimum absolute atomic E-state index is 0.0608. The van der Waals surface area contributed by atoms with Crippen molar-refractivity contribution in [3.63, 3.8) is 0 Å². The predicted molar refractivity (Wildman–Crippen MR) is 48.9 cm³/mol. The van der Waals surface area contributed by atoms with Crippen molar-refractivity contribution in [2.24, 2.45) is 5.41 Å². The quantitative estimate of drug-likeness (QED) is 0.636. The lowest BCUT2D eigenvalue weighted by Gasteiger charge is -2.29. The molecule has 0 unspecified atom stereocenters. The summed E-state index contributed by atoms with van der Waals surface area (Å²) in [5, 5.41) is 18.2. The van der Waals surface area contributed by atoms with Gasteiger partial charge in [0.2, 0.25) is 0 Å². The zero-order valence-electron chi connectivity index (χ0n) is 7.76. The summed E-state index contributed by atoms with van der Waals surface area (Å²) < 4.78 is 0. The number of aliphatic hydroxyl groups excluding tert-OH is 2. The summed E-state index contributed by atoms with van der Waals surface area (Å²) in [4.78, 5) is 0. The summed E-state index contributed by atoms with van der Waals surface area (Å²) in [7, 11) is 0. The van der Waals surface area contributed by atoms with Crippen molar-refractivity contribution in [1.29, 1.82) is 0 Å². The Morgan fingerprint density at radius 3 is 1.92 bits per heavy atom. The maximum Gasteiger partial charge on any atom is 0.0488 e. The van der Waals surface area contributed by atoms with Gasteiger partial charge in [-0.3, -0.25) is 0 Å². The van der Waals surface area contributed by atoms with Crippen molar-refractivity contribution in [2.75, 3.05) is 13.2 Å². The Kier molecular flexibility index (Phi) is 4.02. The Morgan fingerprint density at radius 2 is 1.50 bits per heavy atom. The third-order valence-corrected chi connectivity index (χ3v) is 3.14. The van der Waals surface area contributed by atoms with Crippen LogP contribution >= 0.6 is 0 Å². The zero-order valence-corrected chi connectivity index (χ0v) is 7.76. The lowest BCUT2D eigenvalue weighted by atomic mass is 9.78. The second kappa shape index (κ2) is 4.83. The molecular weight excluding hydrogens is 152 g/mol. The largest absolute Gasteiger partial charge is 0.396 e. The molecule has 0 saturated heterocycles. The van der Waals surface area contributed by atoms with Crippen molar-refractivity contribution in [1.82, 2.24) is 0 Å². The van der Waals surface area contributed by atoms with Crippen LogP contribution in [0.2, 0.25) is 0 Å². The molecule has 0 amide bonds. The highest BCUT2D eigenvalue weighted by Gasteiger charge is 2.29. The van der Waals surface area contributed by atoms with Crippen molar-refractivity contribution < 1.29 is 10.2 Å². The molecule has 2 N–H and O–H groups in total. The Hall–Kier alpha value is -0.0800. The Bertz CT molecular complexity index is 115. The van der Waals surface area contributed by atoms with Crippen LogP contribution in [0.25, 0.3) is 0 Å². The number of hydrogen-bond acceptors (Lipinski definition) is 2. The maximum absolute atomic E-state index is 9.29. The summed E-state index contributed by atoms with van der Waals surface area (Å²) >= 11 is 0. The monoisotopic (exact) mass is 172 g/mol. The molecule has 0 aromatic carbocycles. The van der Waals surface area contributed by atoms with E-state index in [1.165, 1.54) is 25.7 Å². The van der Waals surface area contributed by atoms with E-state index in [4.69, 9.17) is 5.11 Å². The van der Waals surface area contributed by atoms with E-state index in [2.05, 4.69) is 0 Å². The van der Waals surface area contributed by atoms with Gasteiger partial charge < -0.3 is 10.2 Å². The molecule has 1 aliphatic rings. The SMILES string of the molecule is OCCC1(CO)CCCCCC1. The van der Waals surface area contributed by atoms with Crippen LogP contribution in [0.15, 0.2) is 0 Å². The van der Waals surface area contributed by atoms with E-state index in [1.54, 1.807) is 0 Å². The van der Waals surface area contributed by atoms with Crippen molar-refractivity contribution >= 4 is 0 Å². The van der Waals surface area contributed by atoms with E-state index in [-0.39, 0.29) is 18.6 Å². The minimum atomic E-state index is 0.0608. The van der Waals surface area contributed by atoms with Gasteiger partial charge in [0.05, 0.1) is 0 Å². The van der Waals surface area contributed by atoms with Gasteiger partial charge >= 0.3 is 0 Å². The molecule has 0 aromatic rings. The fourth-order valence-electron chi connectivity index (χ4n) is 2.20. The summed E-state index contributed by atoms with van der Waals surface area (Å²) in [5.41, 5.74) is 0.0608. The summed E-state index contributed by atoms with van der Waals surface area (Å²) in [5.74, 6) is 0. The van der Waals surface area contributed by atoms with Crippen LogP contribution in [0, 0.1) is 5.41 Å². The zero-order chi connectivity index (χ0) is 8.86. The lowest BCUT2D eigenvalue weighted by molar-refractivity contribution is 0.0756. The highest BCUT2D eigenvalue weighted by Crippen LogP contribution is 2.37. The van der Waals surface area contributed by atoms with Crippen LogP contribution in [0.5, 0.6) is 0 Å². The van der Waals surface area contributed by atoms with Gasteiger partial charge in [-0.25, -0.2) is 0 Å². The summed E-state index contributed by atoms with van der Waals surface area (Å²) in [6.45, 7) is 0.480. The van der Waals surface area contributed by atoms with Gasteiger partial charge in [0.1, 0.15) is 0 Å². The highest BCUT2D eigenvalue weighted by molar-refractivity contribution is 4.80. The molecule has 1 fully saturated rings. The molecule has 12 heavy (non-hydrogen) atoms. The molecule has 2 heteroatoms. The van der Waals surface area contributed by atoms with Gasteiger partial charge in [0.25, 0.3) is 0 Å². The predicted octanol–water partition coefficient (Wildman–Crippen LogP) is 1.70. The number of aliphatic hydroxyl groups is 2. The average molecular weight is 172 g/mol. The number of rotatable bonds is 3. The normalized spacial score (nSPS) is 23.5. The van der Waals surface area contributed by atoms with E-state index in [0.717, 1.165) is 19.3 Å². The van der Waals surface area contributed by atoms with E-state index in [1.807, 2.05) is 0 Å². The maximum atomic E-state index is 9.29. The molecule has 72 valence electrons. The molecule has 0 spiro atoms. The van der Waals surface area contributed by atoms with Gasteiger partial charge in [0.15, 0.2) is 0 Å². The first kappa shape index (κ1) is 10.0. The minimum Gasteiger partial charge on any atom is -0.396 e. The van der Waals surface area contributed by atoms with Crippen molar-refractivity contribution in [3.05, 3.63) is 0 Å². The molecule has 1 saturated carbocycles. The first-order valence-electron chi connectivity index (χ1n) is 5.05. The smallest absolute Gasteiger partial charge is 0.0488 e. The van der Waals surface area contributed by atoms with E-state index in [9.17, 15) is 5.11 Å². The standard InChI is InChI=1S/C10H20O2/c11-8-7-10(9-12)5-3-1-2-4-6-10/h11-12H,1-9H2. The Balaban J connectivity index is 2.48. The fourth-order valence-corrected chi connectivity index (χ4v) is 2.20. The highest BCUT2D eigenvalue weighted by atomic mass is 16.3. The first-order chi connectivity index (χ1) is 5.83. The molecule has 0 radical (unpaired) electrons. The lowest BCUT2D eigenvalue weighted by Crippen LogP contribution is -2.26. The second-order valence-corrected chi connectivity index (χ2v) is 4.05. The van der Waals surface area contributed by atoms with E-state index in [0.29, 0.717) is 0 Å². The van der Waals surface area contributed by atoms with Gasteiger partial charge in [-0.05, 0) is 24.7 Å². The van der Waals surface area contributed by atoms with E-state index < -0.39 is 0 Å². The molecule has 1 rings (SSSR count). The van der Waals surface area contributed by atoms with Crippen LogP contribution in [0.3, 0.4) is 0 Å².